The van der Waals surface area contributed by atoms with Crippen molar-refractivity contribution in [2.75, 3.05) is 0 Å². The van der Waals surface area contributed by atoms with Gasteiger partial charge >= 0.3 is 6.09 Å². The van der Waals surface area contributed by atoms with Crippen LogP contribution in [0.1, 0.15) is 26.3 Å². The molecule has 24 heavy (non-hydrogen) atoms. The Hall–Kier alpha value is -3.13. The van der Waals surface area contributed by atoms with Gasteiger partial charge in [0.2, 0.25) is 0 Å². The molecular weight excluding hydrogens is 302 g/mol. The maximum absolute atomic E-state index is 12.5. The average Bonchev–Trinajstić information content (AvgIpc) is 2.93. The molecule has 0 N–H and O–H groups in total. The summed E-state index contributed by atoms with van der Waals surface area (Å²) >= 11 is 0. The standard InChI is InChI=1S/C19H17N3O2/c1-19(2,3)24-18(23)22-12-16(15-9-6-10-21-17(15)22)14-8-5-4-7-13(14)11-20/h4-10,12H,1-3H3. The molecule has 0 saturated carbocycles. The number of rotatable bonds is 1. The van der Waals surface area contributed by atoms with Gasteiger partial charge in [-0.1, -0.05) is 18.2 Å². The first kappa shape index (κ1) is 15.8. The zero-order valence-electron chi connectivity index (χ0n) is 13.8. The Balaban J connectivity index is 2.21. The summed E-state index contributed by atoms with van der Waals surface area (Å²) in [6.45, 7) is 5.45. The van der Waals surface area contributed by atoms with Crippen LogP contribution in [0.4, 0.5) is 4.79 Å². The average molecular weight is 319 g/mol. The third kappa shape index (κ3) is 2.86. The number of carbonyl (C=O) groups is 1. The van der Waals surface area contributed by atoms with Gasteiger partial charge in [-0.3, -0.25) is 0 Å². The van der Waals surface area contributed by atoms with Gasteiger partial charge in [-0.2, -0.15) is 5.26 Å². The fraction of sp³-hybridized carbons (Fsp3) is 0.211. The lowest BCUT2D eigenvalue weighted by atomic mass is 10.0. The van der Waals surface area contributed by atoms with E-state index in [1.165, 1.54) is 4.57 Å². The second kappa shape index (κ2) is 5.82. The van der Waals surface area contributed by atoms with Crippen LogP contribution < -0.4 is 0 Å². The van der Waals surface area contributed by atoms with Gasteiger partial charge < -0.3 is 4.74 Å². The summed E-state index contributed by atoms with van der Waals surface area (Å²) in [6.07, 6.45) is 2.82. The molecule has 5 nitrogen and oxygen atoms in total. The van der Waals surface area contributed by atoms with Gasteiger partial charge in [0, 0.05) is 28.9 Å². The van der Waals surface area contributed by atoms with Crippen molar-refractivity contribution in [3.8, 4) is 17.2 Å². The van der Waals surface area contributed by atoms with E-state index in [0.29, 0.717) is 11.2 Å². The molecule has 2 heterocycles. The zero-order valence-corrected chi connectivity index (χ0v) is 13.8. The highest BCUT2D eigenvalue weighted by Gasteiger charge is 2.22. The fourth-order valence-corrected chi connectivity index (χ4v) is 2.54. The van der Waals surface area contributed by atoms with Gasteiger partial charge in [0.05, 0.1) is 11.6 Å². The van der Waals surface area contributed by atoms with Gasteiger partial charge in [0.25, 0.3) is 0 Å². The first-order valence-electron chi connectivity index (χ1n) is 7.59. The van der Waals surface area contributed by atoms with Gasteiger partial charge in [-0.05, 0) is 39.0 Å². The maximum Gasteiger partial charge on any atom is 0.420 e. The van der Waals surface area contributed by atoms with Crippen molar-refractivity contribution in [1.29, 1.82) is 5.26 Å². The van der Waals surface area contributed by atoms with Crippen LogP contribution in [0.2, 0.25) is 0 Å². The highest BCUT2D eigenvalue weighted by atomic mass is 16.6. The summed E-state index contributed by atoms with van der Waals surface area (Å²) < 4.78 is 6.85. The Morgan fingerprint density at radius 2 is 1.92 bits per heavy atom. The number of fused-ring (bicyclic) bond motifs is 1. The van der Waals surface area contributed by atoms with Crippen LogP contribution >= 0.6 is 0 Å². The molecular formula is C19H17N3O2. The van der Waals surface area contributed by atoms with E-state index in [0.717, 1.165) is 16.5 Å². The van der Waals surface area contributed by atoms with Gasteiger partial charge in [0.1, 0.15) is 11.2 Å². The van der Waals surface area contributed by atoms with E-state index in [1.807, 2.05) is 45.0 Å². The molecule has 0 aliphatic rings. The number of nitriles is 1. The first-order valence-corrected chi connectivity index (χ1v) is 7.59. The van der Waals surface area contributed by atoms with Crippen molar-refractivity contribution < 1.29 is 9.53 Å². The van der Waals surface area contributed by atoms with Crippen LogP contribution in [0, 0.1) is 11.3 Å². The molecule has 5 heteroatoms. The number of pyridine rings is 1. The molecule has 0 fully saturated rings. The molecule has 2 aromatic heterocycles. The summed E-state index contributed by atoms with van der Waals surface area (Å²) in [5, 5.41) is 10.2. The van der Waals surface area contributed by atoms with Crippen LogP contribution in [0.3, 0.4) is 0 Å². The number of carbonyl (C=O) groups excluding carboxylic acids is 1. The Kier molecular flexibility index (Phi) is 3.82. The van der Waals surface area contributed by atoms with Crippen LogP contribution in [0.15, 0.2) is 48.8 Å². The summed E-state index contributed by atoms with van der Waals surface area (Å²) in [7, 11) is 0. The number of nitrogens with zero attached hydrogens (tertiary/aromatic N) is 3. The van der Waals surface area contributed by atoms with Crippen molar-refractivity contribution in [2.45, 2.75) is 26.4 Å². The smallest absolute Gasteiger partial charge is 0.420 e. The van der Waals surface area contributed by atoms with Gasteiger partial charge in [-0.15, -0.1) is 0 Å². The van der Waals surface area contributed by atoms with Crippen molar-refractivity contribution in [1.82, 2.24) is 9.55 Å². The van der Waals surface area contributed by atoms with E-state index < -0.39 is 11.7 Å². The Bertz CT molecular complexity index is 959. The molecule has 0 unspecified atom stereocenters. The van der Waals surface area contributed by atoms with Crippen LogP contribution in [-0.4, -0.2) is 21.2 Å². The highest BCUT2D eigenvalue weighted by Crippen LogP contribution is 2.32. The summed E-state index contributed by atoms with van der Waals surface area (Å²) in [5.41, 5.74) is 1.99. The van der Waals surface area contributed by atoms with Gasteiger partial charge in [0.15, 0.2) is 0 Å². The largest absolute Gasteiger partial charge is 0.443 e. The van der Waals surface area contributed by atoms with Crippen molar-refractivity contribution in [3.05, 3.63) is 54.4 Å². The van der Waals surface area contributed by atoms with E-state index in [4.69, 9.17) is 4.74 Å². The normalized spacial score (nSPS) is 11.2. The minimum absolute atomic E-state index is 0.494. The van der Waals surface area contributed by atoms with Gasteiger partial charge in [-0.25, -0.2) is 14.3 Å². The molecule has 0 atom stereocenters. The molecule has 0 radical (unpaired) electrons. The van der Waals surface area contributed by atoms with E-state index in [9.17, 15) is 10.1 Å². The fourth-order valence-electron chi connectivity index (χ4n) is 2.54. The Morgan fingerprint density at radius 1 is 1.17 bits per heavy atom. The van der Waals surface area contributed by atoms with Crippen LogP contribution in [0.25, 0.3) is 22.2 Å². The molecule has 0 aliphatic heterocycles. The lowest BCUT2D eigenvalue weighted by Gasteiger charge is -2.19. The number of hydrogen-bond acceptors (Lipinski definition) is 4. The number of ether oxygens (including phenoxy) is 1. The van der Waals surface area contributed by atoms with E-state index in [-0.39, 0.29) is 0 Å². The molecule has 0 spiro atoms. The molecule has 0 saturated heterocycles. The highest BCUT2D eigenvalue weighted by molar-refractivity contribution is 5.99. The Morgan fingerprint density at radius 3 is 2.62 bits per heavy atom. The van der Waals surface area contributed by atoms with E-state index in [2.05, 4.69) is 11.1 Å². The molecule has 120 valence electrons. The number of hydrogen-bond donors (Lipinski definition) is 0. The van der Waals surface area contributed by atoms with Crippen molar-refractivity contribution in [2.24, 2.45) is 0 Å². The first-order chi connectivity index (χ1) is 11.4. The molecule has 1 aromatic carbocycles. The third-order valence-corrected chi connectivity index (χ3v) is 3.49. The summed E-state index contributed by atoms with van der Waals surface area (Å²) in [5.74, 6) is 0. The molecule has 0 bridgehead atoms. The molecule has 0 amide bonds. The molecule has 0 aliphatic carbocycles. The monoisotopic (exact) mass is 319 g/mol. The van der Waals surface area contributed by atoms with Crippen LogP contribution in [0.5, 0.6) is 0 Å². The quantitative estimate of drug-likeness (QED) is 0.668. The number of benzene rings is 1. The summed E-state index contributed by atoms with van der Waals surface area (Å²) in [6, 6.07) is 13.2. The zero-order chi connectivity index (χ0) is 17.3. The maximum atomic E-state index is 12.5. The molecule has 3 aromatic rings. The minimum Gasteiger partial charge on any atom is -0.443 e. The summed E-state index contributed by atoms with van der Waals surface area (Å²) in [4.78, 5) is 16.8. The Labute approximate surface area is 140 Å². The lowest BCUT2D eigenvalue weighted by molar-refractivity contribution is 0.0544. The third-order valence-electron chi connectivity index (χ3n) is 3.49. The number of aromatic nitrogens is 2. The van der Waals surface area contributed by atoms with E-state index >= 15 is 0 Å². The van der Waals surface area contributed by atoms with Crippen LogP contribution in [-0.2, 0) is 4.74 Å². The van der Waals surface area contributed by atoms with Crippen molar-refractivity contribution >= 4 is 17.1 Å². The minimum atomic E-state index is -0.604. The lowest BCUT2D eigenvalue weighted by Crippen LogP contribution is -2.26. The van der Waals surface area contributed by atoms with E-state index in [1.54, 1.807) is 24.5 Å². The van der Waals surface area contributed by atoms with Crippen molar-refractivity contribution in [3.63, 3.8) is 0 Å². The molecule has 3 rings (SSSR count). The second-order valence-corrected chi connectivity index (χ2v) is 6.43. The topological polar surface area (TPSA) is 67.9 Å². The second-order valence-electron chi connectivity index (χ2n) is 6.43. The predicted octanol–water partition coefficient (Wildman–Crippen LogP) is 4.36. The predicted molar refractivity (Wildman–Crippen MR) is 91.5 cm³/mol. The SMILES string of the molecule is CC(C)(C)OC(=O)n1cc(-c2ccccc2C#N)c2cccnc21.